The van der Waals surface area contributed by atoms with Crippen LogP contribution in [0.25, 0.3) is 83.7 Å². The van der Waals surface area contributed by atoms with Gasteiger partial charge in [-0.1, -0.05) is 132 Å². The van der Waals surface area contributed by atoms with Gasteiger partial charge in [-0.3, -0.25) is 9.97 Å². The van der Waals surface area contributed by atoms with E-state index in [1.54, 1.807) is 18.2 Å². The molecule has 277 valence electrons. The summed E-state index contributed by atoms with van der Waals surface area (Å²) in [5, 5.41) is 0.960. The van der Waals surface area contributed by atoms with E-state index in [4.69, 9.17) is 13.5 Å². The minimum absolute atomic E-state index is 0. The van der Waals surface area contributed by atoms with E-state index in [0.717, 1.165) is 89.4 Å². The number of nitrogens with zero attached hydrogens (tertiary/aromatic N) is 4. The molecule has 0 atom stereocenters. The van der Waals surface area contributed by atoms with Crippen LogP contribution in [-0.2, 0) is 20.1 Å². The number of pyridine rings is 2. The van der Waals surface area contributed by atoms with Gasteiger partial charge in [0.1, 0.15) is 0 Å². The first-order chi connectivity index (χ1) is 28.8. The molecular formula is C51H36IrN4O-2. The molecule has 6 aromatic carbocycles. The van der Waals surface area contributed by atoms with Crippen LogP contribution in [0.1, 0.15) is 15.4 Å². The number of para-hydroxylation sites is 3. The van der Waals surface area contributed by atoms with E-state index in [1.165, 1.54) is 6.20 Å². The monoisotopic (exact) mass is 916 g/mol. The zero-order valence-electron chi connectivity index (χ0n) is 33.9. The molecule has 0 saturated heterocycles. The van der Waals surface area contributed by atoms with Crippen molar-refractivity contribution in [2.24, 2.45) is 0 Å². The van der Waals surface area contributed by atoms with E-state index in [2.05, 4.69) is 142 Å². The van der Waals surface area contributed by atoms with Crippen LogP contribution in [0.15, 0.2) is 187 Å². The van der Waals surface area contributed by atoms with E-state index >= 15 is 0 Å². The number of hydrogen-bond donors (Lipinski definition) is 0. The fourth-order valence-corrected chi connectivity index (χ4v) is 7.06. The second-order valence-electron chi connectivity index (χ2n) is 13.4. The predicted octanol–water partition coefficient (Wildman–Crippen LogP) is 12.8. The van der Waals surface area contributed by atoms with Crippen LogP contribution < -0.4 is 0 Å². The number of imidazole rings is 1. The molecule has 0 bridgehead atoms. The first-order valence-corrected chi connectivity index (χ1v) is 18.3. The average Bonchev–Trinajstić information content (AvgIpc) is 3.88. The maximum absolute atomic E-state index is 7.23. The van der Waals surface area contributed by atoms with Crippen molar-refractivity contribution < 1.29 is 28.6 Å². The second-order valence-corrected chi connectivity index (χ2v) is 13.4. The smallest absolute Gasteiger partial charge is 0.0774 e. The van der Waals surface area contributed by atoms with Crippen molar-refractivity contribution in [3.05, 3.63) is 206 Å². The zero-order chi connectivity index (χ0) is 40.3. The van der Waals surface area contributed by atoms with Gasteiger partial charge in [-0.2, -0.15) is 0 Å². The Morgan fingerprint density at radius 3 is 2.05 bits per heavy atom. The van der Waals surface area contributed by atoms with Gasteiger partial charge in [0.2, 0.25) is 0 Å². The fourth-order valence-electron chi connectivity index (χ4n) is 7.06. The van der Waals surface area contributed by atoms with E-state index in [0.29, 0.717) is 0 Å². The third-order valence-electron chi connectivity index (χ3n) is 9.70. The molecule has 10 aromatic rings. The molecule has 0 aliphatic heterocycles. The molecule has 6 heteroatoms. The molecule has 1 radical (unpaired) electrons. The second kappa shape index (κ2) is 16.6. The van der Waals surface area contributed by atoms with Crippen molar-refractivity contribution in [1.82, 2.24) is 19.5 Å². The zero-order valence-corrected chi connectivity index (χ0v) is 33.2. The first kappa shape index (κ1) is 33.6. The van der Waals surface area contributed by atoms with Gasteiger partial charge in [-0.25, -0.2) is 0 Å². The van der Waals surface area contributed by atoms with Crippen molar-refractivity contribution in [1.29, 1.82) is 0 Å². The predicted molar refractivity (Wildman–Crippen MR) is 227 cm³/mol. The SMILES string of the molecule is Cc1cc(-c2ccc3o[c-]c(-c4nc5ccccc5n4-c4c(-c5ccccc5)cccc4-c4ccccc4)c3c2)ccn1.[2H]C([2H])([2H])c1ccc(-c2[c-]cccc2)nc1.[Ir]. The summed E-state index contributed by atoms with van der Waals surface area (Å²) >= 11 is 0. The van der Waals surface area contributed by atoms with Gasteiger partial charge in [0, 0.05) is 65.3 Å². The Balaban J connectivity index is 0.000000248. The summed E-state index contributed by atoms with van der Waals surface area (Å²) in [6.45, 7) is -0.0815. The third-order valence-corrected chi connectivity index (χ3v) is 9.70. The Morgan fingerprint density at radius 1 is 0.649 bits per heavy atom. The van der Waals surface area contributed by atoms with Gasteiger partial charge in [-0.05, 0) is 71.6 Å². The van der Waals surface area contributed by atoms with Crippen molar-refractivity contribution in [3.63, 3.8) is 0 Å². The summed E-state index contributed by atoms with van der Waals surface area (Å²) in [6, 6.07) is 60.1. The van der Waals surface area contributed by atoms with Gasteiger partial charge in [-0.15, -0.1) is 35.9 Å². The van der Waals surface area contributed by atoms with Gasteiger partial charge in [0.15, 0.2) is 0 Å². The Bertz CT molecular complexity index is 2980. The minimum Gasteiger partial charge on any atom is -0.557 e. The van der Waals surface area contributed by atoms with E-state index in [-0.39, 0.29) is 25.7 Å². The maximum Gasteiger partial charge on any atom is 0.0774 e. The Morgan fingerprint density at radius 2 is 1.37 bits per heavy atom. The van der Waals surface area contributed by atoms with Crippen LogP contribution in [0.3, 0.4) is 0 Å². The minimum atomic E-state index is -2.09. The fraction of sp³-hybridized carbons (Fsp3) is 0.0392. The number of hydrogen-bond acceptors (Lipinski definition) is 4. The van der Waals surface area contributed by atoms with Gasteiger partial charge >= 0.3 is 0 Å². The number of aromatic nitrogens is 4. The van der Waals surface area contributed by atoms with Crippen LogP contribution in [0.4, 0.5) is 0 Å². The normalized spacial score (nSPS) is 11.8. The molecule has 5 nitrogen and oxygen atoms in total. The van der Waals surface area contributed by atoms with Gasteiger partial charge < -0.3 is 14.0 Å². The summed E-state index contributed by atoms with van der Waals surface area (Å²) < 4.78 is 30.0. The van der Waals surface area contributed by atoms with E-state index in [1.807, 2.05) is 49.5 Å². The van der Waals surface area contributed by atoms with Gasteiger partial charge in [0.25, 0.3) is 0 Å². The summed E-state index contributed by atoms with van der Waals surface area (Å²) in [5.41, 5.74) is 14.1. The van der Waals surface area contributed by atoms with Crippen molar-refractivity contribution >= 4 is 22.0 Å². The summed E-state index contributed by atoms with van der Waals surface area (Å²) in [5.74, 6) is 0.781. The van der Waals surface area contributed by atoms with Crippen molar-refractivity contribution in [2.75, 3.05) is 0 Å². The standard InChI is InChI=1S/C39H26N3O.C12H10N.Ir/c1-26-23-30(21-22-40-26)29-19-20-37-33(24-29)34(25-43-37)39-41-35-17-8-9-18-36(35)42(39)38-31(27-11-4-2-5-12-27)15-10-16-32(38)28-13-6-3-7-14-28;1-10-7-8-12(13-9-10)11-5-3-2-4-6-11;/h2-24H,1H3;2-5,7-9H,1H3;/q2*-1;/i;1D3;. The van der Waals surface area contributed by atoms with Crippen LogP contribution in [0, 0.1) is 26.1 Å². The number of rotatable bonds is 6. The number of fused-ring (bicyclic) bond motifs is 2. The molecule has 0 fully saturated rings. The molecule has 4 heterocycles. The summed E-state index contributed by atoms with van der Waals surface area (Å²) in [7, 11) is 0. The van der Waals surface area contributed by atoms with E-state index in [9.17, 15) is 0 Å². The summed E-state index contributed by atoms with van der Waals surface area (Å²) in [4.78, 5) is 13.7. The van der Waals surface area contributed by atoms with Crippen molar-refractivity contribution in [2.45, 2.75) is 13.8 Å². The molecule has 0 aliphatic carbocycles. The molecule has 0 spiro atoms. The number of aryl methyl sites for hydroxylation is 2. The maximum atomic E-state index is 7.23. The average molecular weight is 916 g/mol. The van der Waals surface area contributed by atoms with E-state index < -0.39 is 6.85 Å². The third kappa shape index (κ3) is 7.61. The Labute approximate surface area is 349 Å². The summed E-state index contributed by atoms with van der Waals surface area (Å²) in [6.07, 6.45) is 6.48. The number of benzene rings is 6. The Kier molecular flexibility index (Phi) is 9.76. The molecule has 0 amide bonds. The molecule has 10 rings (SSSR count). The molecule has 0 N–H and O–H groups in total. The van der Waals surface area contributed by atoms with Crippen molar-refractivity contribution in [3.8, 4) is 61.7 Å². The molecule has 57 heavy (non-hydrogen) atoms. The molecule has 0 unspecified atom stereocenters. The number of furan rings is 1. The molecular weight excluding hydrogens is 877 g/mol. The van der Waals surface area contributed by atoms with Crippen LogP contribution in [-0.4, -0.2) is 19.5 Å². The molecule has 0 saturated carbocycles. The quantitative estimate of drug-likeness (QED) is 0.156. The topological polar surface area (TPSA) is 56.7 Å². The molecule has 0 aliphatic rings. The van der Waals surface area contributed by atoms with Gasteiger partial charge in [0.05, 0.1) is 22.5 Å². The first-order valence-electron chi connectivity index (χ1n) is 19.8. The van der Waals surface area contributed by atoms with Crippen LogP contribution >= 0.6 is 0 Å². The Hall–Kier alpha value is -6.72. The molecule has 4 aromatic heterocycles. The van der Waals surface area contributed by atoms with Crippen LogP contribution in [0.5, 0.6) is 0 Å². The van der Waals surface area contributed by atoms with Crippen LogP contribution in [0.2, 0.25) is 0 Å². The largest absolute Gasteiger partial charge is 0.557 e.